The molecule has 1 aromatic heterocycles. The van der Waals surface area contributed by atoms with Crippen molar-refractivity contribution in [2.45, 2.75) is 13.5 Å². The van der Waals surface area contributed by atoms with Gasteiger partial charge < -0.3 is 5.73 Å². The van der Waals surface area contributed by atoms with Crippen LogP contribution in [0.4, 0.5) is 5.69 Å². The van der Waals surface area contributed by atoms with Crippen LogP contribution in [0.3, 0.4) is 0 Å². The van der Waals surface area contributed by atoms with E-state index in [4.69, 9.17) is 28.9 Å². The molecule has 1 heterocycles. The number of nitrogen functional groups attached to an aromatic ring is 1. The second-order valence-corrected chi connectivity index (χ2v) is 4.60. The van der Waals surface area contributed by atoms with Crippen molar-refractivity contribution in [1.82, 2.24) is 9.78 Å². The van der Waals surface area contributed by atoms with Crippen molar-refractivity contribution in [3.63, 3.8) is 0 Å². The first-order chi connectivity index (χ1) is 8.52. The summed E-state index contributed by atoms with van der Waals surface area (Å²) in [5.41, 5.74) is 6.85. The molecule has 2 rings (SSSR count). The van der Waals surface area contributed by atoms with Gasteiger partial charge in [0.25, 0.3) is 0 Å². The minimum Gasteiger partial charge on any atom is -0.399 e. The molecule has 4 nitrogen and oxygen atoms in total. The van der Waals surface area contributed by atoms with Crippen molar-refractivity contribution in [1.29, 1.82) is 0 Å². The first-order valence-electron chi connectivity index (χ1n) is 5.35. The summed E-state index contributed by atoms with van der Waals surface area (Å²) < 4.78 is 1.54. The van der Waals surface area contributed by atoms with Gasteiger partial charge in [-0.2, -0.15) is 5.10 Å². The smallest absolute Gasteiger partial charge is 0.212 e. The molecule has 18 heavy (non-hydrogen) atoms. The van der Waals surface area contributed by atoms with E-state index in [9.17, 15) is 4.79 Å². The lowest BCUT2D eigenvalue weighted by atomic mass is 10.1. The number of carbonyl (C=O) groups is 1. The summed E-state index contributed by atoms with van der Waals surface area (Å²) in [5, 5.41) is 4.76. The Kier molecular flexibility index (Phi) is 3.59. The lowest BCUT2D eigenvalue weighted by molar-refractivity contribution is 0.102. The molecule has 0 unspecified atom stereocenters. The van der Waals surface area contributed by atoms with Crippen LogP contribution < -0.4 is 5.73 Å². The molecule has 1 aromatic carbocycles. The molecule has 2 N–H and O–H groups in total. The van der Waals surface area contributed by atoms with Crippen LogP contribution in [0.5, 0.6) is 0 Å². The SMILES string of the molecule is CCn1ncc(Cl)c1C(=O)c1cc(N)cc(Cl)c1. The van der Waals surface area contributed by atoms with Gasteiger partial charge in [-0.1, -0.05) is 23.2 Å². The Morgan fingerprint density at radius 2 is 2.11 bits per heavy atom. The fourth-order valence-electron chi connectivity index (χ4n) is 1.71. The van der Waals surface area contributed by atoms with Crippen LogP contribution in [0, 0.1) is 0 Å². The minimum atomic E-state index is -0.242. The fourth-order valence-corrected chi connectivity index (χ4v) is 2.18. The molecule has 0 bridgehead atoms. The Morgan fingerprint density at radius 1 is 1.39 bits per heavy atom. The van der Waals surface area contributed by atoms with Gasteiger partial charge in [-0.05, 0) is 25.1 Å². The maximum absolute atomic E-state index is 12.4. The van der Waals surface area contributed by atoms with Gasteiger partial charge in [0.2, 0.25) is 5.78 Å². The summed E-state index contributed by atoms with van der Waals surface area (Å²) in [7, 11) is 0. The number of aromatic nitrogens is 2. The number of hydrogen-bond acceptors (Lipinski definition) is 3. The second kappa shape index (κ2) is 5.00. The summed E-state index contributed by atoms with van der Waals surface area (Å²) in [6.07, 6.45) is 1.45. The van der Waals surface area contributed by atoms with Crippen molar-refractivity contribution < 1.29 is 4.79 Å². The predicted molar refractivity (Wildman–Crippen MR) is 72.2 cm³/mol. The van der Waals surface area contributed by atoms with E-state index in [0.29, 0.717) is 33.5 Å². The van der Waals surface area contributed by atoms with Crippen LogP contribution in [0.25, 0.3) is 0 Å². The average molecular weight is 284 g/mol. The molecule has 0 fully saturated rings. The molecule has 0 saturated carbocycles. The Labute approximate surface area is 114 Å². The third-order valence-corrected chi connectivity index (χ3v) is 2.99. The van der Waals surface area contributed by atoms with Gasteiger partial charge in [0, 0.05) is 22.8 Å². The second-order valence-electron chi connectivity index (χ2n) is 3.76. The van der Waals surface area contributed by atoms with Crippen molar-refractivity contribution in [3.8, 4) is 0 Å². The first kappa shape index (κ1) is 12.9. The number of halogens is 2. The minimum absolute atomic E-state index is 0.242. The number of rotatable bonds is 3. The number of aryl methyl sites for hydroxylation is 1. The lowest BCUT2D eigenvalue weighted by Crippen LogP contribution is -2.11. The van der Waals surface area contributed by atoms with E-state index in [-0.39, 0.29) is 5.78 Å². The Hall–Kier alpha value is -1.52. The van der Waals surface area contributed by atoms with Gasteiger partial charge in [0.1, 0.15) is 5.69 Å². The number of ketones is 1. The molecule has 2 aromatic rings. The highest BCUT2D eigenvalue weighted by atomic mass is 35.5. The zero-order valence-electron chi connectivity index (χ0n) is 9.65. The summed E-state index contributed by atoms with van der Waals surface area (Å²) in [5.74, 6) is -0.242. The fraction of sp³-hybridized carbons (Fsp3) is 0.167. The molecule has 0 aliphatic carbocycles. The van der Waals surface area contributed by atoms with Gasteiger partial charge in [-0.3, -0.25) is 9.48 Å². The summed E-state index contributed by atoms with van der Waals surface area (Å²) in [4.78, 5) is 12.4. The van der Waals surface area contributed by atoms with Crippen molar-refractivity contribution in [2.24, 2.45) is 0 Å². The van der Waals surface area contributed by atoms with Gasteiger partial charge >= 0.3 is 0 Å². The van der Waals surface area contributed by atoms with E-state index in [0.717, 1.165) is 0 Å². The molecular weight excluding hydrogens is 273 g/mol. The standard InChI is InChI=1S/C12H11Cl2N3O/c1-2-17-11(10(14)6-16-17)12(18)7-3-8(13)5-9(15)4-7/h3-6H,2,15H2,1H3. The highest BCUT2D eigenvalue weighted by molar-refractivity contribution is 6.35. The zero-order chi connectivity index (χ0) is 13.3. The molecule has 0 spiro atoms. The van der Waals surface area contributed by atoms with Gasteiger partial charge in [0.05, 0.1) is 11.2 Å². The van der Waals surface area contributed by atoms with Crippen LogP contribution in [-0.4, -0.2) is 15.6 Å². The van der Waals surface area contributed by atoms with Crippen LogP contribution in [0.1, 0.15) is 23.0 Å². The summed E-state index contributed by atoms with van der Waals surface area (Å²) >= 11 is 11.9. The highest BCUT2D eigenvalue weighted by Gasteiger charge is 2.19. The van der Waals surface area contributed by atoms with Crippen LogP contribution >= 0.6 is 23.2 Å². The van der Waals surface area contributed by atoms with Crippen LogP contribution in [-0.2, 0) is 6.54 Å². The van der Waals surface area contributed by atoms with E-state index in [1.807, 2.05) is 6.92 Å². The zero-order valence-corrected chi connectivity index (χ0v) is 11.2. The van der Waals surface area contributed by atoms with Crippen LogP contribution in [0.15, 0.2) is 24.4 Å². The van der Waals surface area contributed by atoms with E-state index in [2.05, 4.69) is 5.10 Å². The third-order valence-electron chi connectivity index (χ3n) is 2.49. The monoisotopic (exact) mass is 283 g/mol. The first-order valence-corrected chi connectivity index (χ1v) is 6.10. The molecule has 0 aliphatic rings. The number of carbonyl (C=O) groups excluding carboxylic acids is 1. The van der Waals surface area contributed by atoms with E-state index >= 15 is 0 Å². The largest absolute Gasteiger partial charge is 0.399 e. The van der Waals surface area contributed by atoms with Crippen molar-refractivity contribution in [2.75, 3.05) is 5.73 Å². The predicted octanol–water partition coefficient (Wildman–Crippen LogP) is 3.02. The highest BCUT2D eigenvalue weighted by Crippen LogP contribution is 2.23. The Morgan fingerprint density at radius 3 is 2.72 bits per heavy atom. The maximum Gasteiger partial charge on any atom is 0.212 e. The number of nitrogens with zero attached hydrogens (tertiary/aromatic N) is 2. The lowest BCUT2D eigenvalue weighted by Gasteiger charge is -2.06. The summed E-state index contributed by atoms with van der Waals surface area (Å²) in [6.45, 7) is 2.44. The number of anilines is 1. The van der Waals surface area contributed by atoms with Crippen molar-refractivity contribution >= 4 is 34.7 Å². The molecule has 0 aliphatic heterocycles. The van der Waals surface area contributed by atoms with E-state index < -0.39 is 0 Å². The average Bonchev–Trinajstić information content (AvgIpc) is 2.68. The maximum atomic E-state index is 12.4. The molecule has 0 atom stereocenters. The molecule has 0 amide bonds. The molecular formula is C12H11Cl2N3O. The van der Waals surface area contributed by atoms with Crippen molar-refractivity contribution in [3.05, 3.63) is 45.7 Å². The molecule has 94 valence electrons. The quantitative estimate of drug-likeness (QED) is 0.696. The van der Waals surface area contributed by atoms with E-state index in [1.165, 1.54) is 6.20 Å². The molecule has 0 radical (unpaired) electrons. The van der Waals surface area contributed by atoms with Gasteiger partial charge in [-0.25, -0.2) is 0 Å². The Bertz CT molecular complexity index is 587. The molecule has 6 heteroatoms. The number of benzene rings is 1. The Balaban J connectivity index is 2.50. The van der Waals surface area contributed by atoms with Gasteiger partial charge in [0.15, 0.2) is 0 Å². The summed E-state index contributed by atoms with van der Waals surface area (Å²) in [6, 6.07) is 4.71. The normalized spacial score (nSPS) is 10.6. The number of nitrogens with two attached hydrogens (primary N) is 1. The number of hydrogen-bond donors (Lipinski definition) is 1. The van der Waals surface area contributed by atoms with Gasteiger partial charge in [-0.15, -0.1) is 0 Å². The third kappa shape index (κ3) is 2.35. The topological polar surface area (TPSA) is 60.9 Å². The molecule has 0 saturated heterocycles. The van der Waals surface area contributed by atoms with E-state index in [1.54, 1.807) is 22.9 Å². The van der Waals surface area contributed by atoms with Crippen LogP contribution in [0.2, 0.25) is 10.0 Å².